The van der Waals surface area contributed by atoms with E-state index < -0.39 is 12.3 Å². The first-order valence-corrected chi connectivity index (χ1v) is 7.19. The molecule has 0 aliphatic heterocycles. The van der Waals surface area contributed by atoms with Crippen molar-refractivity contribution in [3.05, 3.63) is 29.8 Å². The summed E-state index contributed by atoms with van der Waals surface area (Å²) in [7, 11) is 3.52. The van der Waals surface area contributed by atoms with E-state index in [1.165, 1.54) is 0 Å². The third-order valence-corrected chi connectivity index (χ3v) is 3.21. The molecule has 0 aromatic heterocycles. The zero-order valence-corrected chi connectivity index (χ0v) is 13.7. The van der Waals surface area contributed by atoms with Gasteiger partial charge in [-0.2, -0.15) is 0 Å². The summed E-state index contributed by atoms with van der Waals surface area (Å²) in [6.45, 7) is 7.79. The van der Waals surface area contributed by atoms with Crippen LogP contribution in [-0.2, 0) is 0 Å². The second-order valence-corrected chi connectivity index (χ2v) is 5.84. The van der Waals surface area contributed by atoms with Crippen LogP contribution in [-0.4, -0.2) is 47.2 Å². The quantitative estimate of drug-likeness (QED) is 0.848. The second-order valence-electron chi connectivity index (χ2n) is 5.84. The highest BCUT2D eigenvalue weighted by Gasteiger charge is 2.24. The number of para-hydroxylation sites is 1. The van der Waals surface area contributed by atoms with Crippen LogP contribution in [0.2, 0.25) is 0 Å². The minimum Gasteiger partial charge on any atom is -0.410 e. The maximum absolute atomic E-state index is 12.3. The maximum atomic E-state index is 12.3. The minimum absolute atomic E-state index is 0.0448. The molecule has 0 saturated heterocycles. The van der Waals surface area contributed by atoms with E-state index >= 15 is 0 Å². The van der Waals surface area contributed by atoms with E-state index in [9.17, 15) is 9.90 Å². The van der Waals surface area contributed by atoms with Gasteiger partial charge in [0, 0.05) is 17.6 Å². The topological polar surface area (TPSA) is 53.0 Å². The number of carbonyl (C=O) groups is 1. The number of ether oxygens (including phenoxy) is 1. The molecule has 1 atom stereocenters. The Hall–Kier alpha value is -1.59. The van der Waals surface area contributed by atoms with Gasteiger partial charge < -0.3 is 14.7 Å². The van der Waals surface area contributed by atoms with Gasteiger partial charge in [0.25, 0.3) is 0 Å². The number of benzene rings is 1. The van der Waals surface area contributed by atoms with Gasteiger partial charge in [0.1, 0.15) is 12.0 Å². The molecule has 1 aromatic carbocycles. The normalized spacial score (nSPS) is 12.9. The lowest BCUT2D eigenvalue weighted by atomic mass is 10.1. The second kappa shape index (κ2) is 7.43. The Morgan fingerprint density at radius 3 is 2.10 bits per heavy atom. The van der Waals surface area contributed by atoms with Gasteiger partial charge in [-0.1, -0.05) is 18.2 Å². The standard InChI is InChI=1S/C16H26N2O3/c1-11(2)18(12(3)4)16(20)21-14-10-8-7-9-13(14)15(19)17(5)6/h7-12,15,19H,1-6H3. The molecule has 1 amide bonds. The molecule has 1 unspecified atom stereocenters. The van der Waals surface area contributed by atoms with E-state index in [-0.39, 0.29) is 12.1 Å². The van der Waals surface area contributed by atoms with Crippen LogP contribution in [0.25, 0.3) is 0 Å². The smallest absolute Gasteiger partial charge is 0.410 e. The van der Waals surface area contributed by atoms with E-state index in [1.54, 1.807) is 42.1 Å². The lowest BCUT2D eigenvalue weighted by molar-refractivity contribution is 0.0369. The van der Waals surface area contributed by atoms with Crippen LogP contribution in [0.1, 0.15) is 39.5 Å². The van der Waals surface area contributed by atoms with Gasteiger partial charge in [-0.15, -0.1) is 0 Å². The molecule has 0 bridgehead atoms. The van der Waals surface area contributed by atoms with Crippen molar-refractivity contribution in [2.45, 2.75) is 46.0 Å². The van der Waals surface area contributed by atoms with Gasteiger partial charge in [-0.3, -0.25) is 4.90 Å². The van der Waals surface area contributed by atoms with E-state index in [0.29, 0.717) is 11.3 Å². The number of aliphatic hydroxyl groups is 1. The van der Waals surface area contributed by atoms with Crippen LogP contribution in [0, 0.1) is 0 Å². The van der Waals surface area contributed by atoms with Crippen molar-refractivity contribution in [3.63, 3.8) is 0 Å². The summed E-state index contributed by atoms with van der Waals surface area (Å²) in [5, 5.41) is 10.2. The molecule has 1 aromatic rings. The SMILES string of the molecule is CC(C)N(C(=O)Oc1ccccc1C(O)N(C)C)C(C)C. The summed E-state index contributed by atoms with van der Waals surface area (Å²) < 4.78 is 5.50. The van der Waals surface area contributed by atoms with Crippen molar-refractivity contribution in [2.24, 2.45) is 0 Å². The zero-order valence-electron chi connectivity index (χ0n) is 13.7. The summed E-state index contributed by atoms with van der Waals surface area (Å²) >= 11 is 0. The summed E-state index contributed by atoms with van der Waals surface area (Å²) in [5.74, 6) is 0.384. The summed E-state index contributed by atoms with van der Waals surface area (Å²) in [4.78, 5) is 15.7. The average molecular weight is 294 g/mol. The first-order valence-electron chi connectivity index (χ1n) is 7.19. The predicted octanol–water partition coefficient (Wildman–Crippen LogP) is 2.86. The van der Waals surface area contributed by atoms with E-state index in [2.05, 4.69) is 0 Å². The number of carbonyl (C=O) groups excluding carboxylic acids is 1. The Morgan fingerprint density at radius 2 is 1.62 bits per heavy atom. The summed E-state index contributed by atoms with van der Waals surface area (Å²) in [5.41, 5.74) is 0.573. The van der Waals surface area contributed by atoms with E-state index in [1.807, 2.05) is 33.8 Å². The lowest BCUT2D eigenvalue weighted by Gasteiger charge is -2.30. The third kappa shape index (κ3) is 4.44. The van der Waals surface area contributed by atoms with E-state index in [4.69, 9.17) is 4.74 Å². The fraction of sp³-hybridized carbons (Fsp3) is 0.562. The molecule has 118 valence electrons. The number of amides is 1. The minimum atomic E-state index is -0.819. The van der Waals surface area contributed by atoms with Crippen molar-refractivity contribution < 1.29 is 14.6 Å². The number of rotatable bonds is 5. The molecule has 0 aliphatic rings. The molecule has 0 spiro atoms. The highest BCUT2D eigenvalue weighted by Crippen LogP contribution is 2.27. The van der Waals surface area contributed by atoms with Crippen LogP contribution in [0.4, 0.5) is 4.79 Å². The van der Waals surface area contributed by atoms with Crippen LogP contribution in [0.3, 0.4) is 0 Å². The number of hydrogen-bond donors (Lipinski definition) is 1. The van der Waals surface area contributed by atoms with Crippen LogP contribution < -0.4 is 4.74 Å². The molecule has 0 aliphatic carbocycles. The molecular formula is C16H26N2O3. The molecule has 1 N–H and O–H groups in total. The van der Waals surface area contributed by atoms with Crippen molar-refractivity contribution in [2.75, 3.05) is 14.1 Å². The van der Waals surface area contributed by atoms with Gasteiger partial charge in [0.05, 0.1) is 0 Å². The molecule has 21 heavy (non-hydrogen) atoms. The molecule has 5 nitrogen and oxygen atoms in total. The summed E-state index contributed by atoms with van der Waals surface area (Å²) in [6, 6.07) is 7.12. The molecule has 5 heteroatoms. The van der Waals surface area contributed by atoms with Crippen molar-refractivity contribution in [3.8, 4) is 5.75 Å². The zero-order chi connectivity index (χ0) is 16.2. The van der Waals surface area contributed by atoms with Crippen LogP contribution in [0.15, 0.2) is 24.3 Å². The predicted molar refractivity (Wildman–Crippen MR) is 83.2 cm³/mol. The highest BCUT2D eigenvalue weighted by molar-refractivity contribution is 5.71. The number of hydrogen-bond acceptors (Lipinski definition) is 4. The Balaban J connectivity index is 3.00. The molecule has 1 rings (SSSR count). The van der Waals surface area contributed by atoms with Crippen molar-refractivity contribution in [1.29, 1.82) is 0 Å². The van der Waals surface area contributed by atoms with Gasteiger partial charge in [-0.25, -0.2) is 4.79 Å². The highest BCUT2D eigenvalue weighted by atomic mass is 16.6. The first kappa shape index (κ1) is 17.5. The van der Waals surface area contributed by atoms with Gasteiger partial charge >= 0.3 is 6.09 Å². The molecule has 0 heterocycles. The Bertz CT molecular complexity index is 464. The van der Waals surface area contributed by atoms with E-state index in [0.717, 1.165) is 0 Å². The molecule has 0 saturated carbocycles. The Labute approximate surface area is 127 Å². The number of aliphatic hydroxyl groups excluding tert-OH is 1. The van der Waals surface area contributed by atoms with Gasteiger partial charge in [-0.05, 0) is 47.9 Å². The Kier molecular flexibility index (Phi) is 6.18. The van der Waals surface area contributed by atoms with Crippen LogP contribution >= 0.6 is 0 Å². The molecular weight excluding hydrogens is 268 g/mol. The van der Waals surface area contributed by atoms with Crippen LogP contribution in [0.5, 0.6) is 5.75 Å². The maximum Gasteiger partial charge on any atom is 0.415 e. The Morgan fingerprint density at radius 1 is 1.10 bits per heavy atom. The van der Waals surface area contributed by atoms with Gasteiger partial charge in [0.2, 0.25) is 0 Å². The summed E-state index contributed by atoms with van der Waals surface area (Å²) in [6.07, 6.45) is -1.22. The fourth-order valence-corrected chi connectivity index (χ4v) is 2.23. The monoisotopic (exact) mass is 294 g/mol. The first-order chi connectivity index (χ1) is 9.75. The van der Waals surface area contributed by atoms with Crippen molar-refractivity contribution >= 4 is 6.09 Å². The lowest BCUT2D eigenvalue weighted by Crippen LogP contribution is -2.43. The average Bonchev–Trinajstić information content (AvgIpc) is 2.37. The number of nitrogens with zero attached hydrogens (tertiary/aromatic N) is 2. The molecule has 0 radical (unpaired) electrons. The molecule has 0 fully saturated rings. The fourth-order valence-electron chi connectivity index (χ4n) is 2.23. The largest absolute Gasteiger partial charge is 0.415 e. The van der Waals surface area contributed by atoms with Crippen molar-refractivity contribution in [1.82, 2.24) is 9.80 Å². The van der Waals surface area contributed by atoms with Gasteiger partial charge in [0.15, 0.2) is 0 Å². The third-order valence-electron chi connectivity index (χ3n) is 3.21.